The SMILES string of the molecule is CC[C@H](C)[C@@H]1NC(=O)[C@H](CC(C)C)N(C)C(=O)C[C@@H](C(=O)N2CCCCC2)N(C)C(=O)[C@H](C2CCCCC2)N(C)C(=O)CCCCNC(=O)[C@@H]2Cc3ccccc3N2C(=O)[C@H](CCc2ccc(C(F)(F)F)c(Cl)c2)NC(=O)CN(C)C(=O)[C@H](CC2CCCCC2)N(C)C(=O)CN(C)C(=O)CN(C)C1=O. The molecule has 24 nitrogen and oxygen atoms in total. The van der Waals surface area contributed by atoms with E-state index in [0.29, 0.717) is 62.0 Å². The number of hydrogen-bond donors (Lipinski definition) is 3. The lowest BCUT2D eigenvalue weighted by molar-refractivity contribution is -0.155. The van der Waals surface area contributed by atoms with Crippen molar-refractivity contribution in [2.45, 2.75) is 224 Å². The van der Waals surface area contributed by atoms with Gasteiger partial charge in [0.2, 0.25) is 70.9 Å². The first-order valence-corrected chi connectivity index (χ1v) is 37.8. The Hall–Kier alpha value is -7.84. The number of hydrogen-bond acceptors (Lipinski definition) is 12. The quantitative estimate of drug-likeness (QED) is 0.201. The summed E-state index contributed by atoms with van der Waals surface area (Å²) in [4.78, 5) is 189. The third-order valence-corrected chi connectivity index (χ3v) is 22.3. The molecule has 4 fully saturated rings. The number of carbonyl (C=O) groups excluding carboxylic acids is 12. The molecular formula is C76H112ClF3N12O12. The van der Waals surface area contributed by atoms with Gasteiger partial charge in [0.1, 0.15) is 42.3 Å². The zero-order chi connectivity index (χ0) is 76.4. The van der Waals surface area contributed by atoms with E-state index in [2.05, 4.69) is 16.0 Å². The van der Waals surface area contributed by atoms with Gasteiger partial charge in [0.15, 0.2) is 0 Å². The van der Waals surface area contributed by atoms with Crippen molar-refractivity contribution >= 4 is 88.2 Å². The van der Waals surface area contributed by atoms with Gasteiger partial charge in [0.25, 0.3) is 0 Å². The van der Waals surface area contributed by atoms with Crippen LogP contribution >= 0.6 is 11.6 Å². The van der Waals surface area contributed by atoms with Gasteiger partial charge in [-0.15, -0.1) is 0 Å². The van der Waals surface area contributed by atoms with Gasteiger partial charge in [0.05, 0.1) is 36.6 Å². The van der Waals surface area contributed by atoms with E-state index in [9.17, 15) is 61.1 Å². The summed E-state index contributed by atoms with van der Waals surface area (Å²) in [6, 6.07) is 1.56. The van der Waals surface area contributed by atoms with E-state index in [4.69, 9.17) is 11.6 Å². The summed E-state index contributed by atoms with van der Waals surface area (Å²) in [6.07, 6.45) is 6.21. The zero-order valence-corrected chi connectivity index (χ0v) is 63.6. The minimum atomic E-state index is -4.76. The summed E-state index contributed by atoms with van der Waals surface area (Å²) >= 11 is 6.17. The number of likely N-dealkylation sites (N-methyl/N-ethyl adjacent to an activating group) is 7. The lowest BCUT2D eigenvalue weighted by atomic mass is 9.82. The molecule has 5 aliphatic rings. The van der Waals surface area contributed by atoms with Crippen molar-refractivity contribution < 1.29 is 70.7 Å². The molecule has 2 aliphatic carbocycles. The molecule has 0 aromatic heterocycles. The van der Waals surface area contributed by atoms with Crippen molar-refractivity contribution in [3.05, 3.63) is 64.2 Å². The fourth-order valence-electron chi connectivity index (χ4n) is 15.3. The lowest BCUT2D eigenvalue weighted by Gasteiger charge is -2.41. The molecule has 576 valence electrons. The highest BCUT2D eigenvalue weighted by atomic mass is 35.5. The first-order chi connectivity index (χ1) is 49.2. The van der Waals surface area contributed by atoms with Crippen LogP contribution in [0, 0.1) is 23.7 Å². The van der Waals surface area contributed by atoms with E-state index in [1.165, 1.54) is 72.9 Å². The van der Waals surface area contributed by atoms with Gasteiger partial charge in [-0.2, -0.15) is 13.2 Å². The molecule has 2 saturated carbocycles. The average Bonchev–Trinajstić information content (AvgIpc) is 1.57. The minimum absolute atomic E-state index is 0.0137. The third kappa shape index (κ3) is 21.9. The largest absolute Gasteiger partial charge is 0.417 e. The van der Waals surface area contributed by atoms with Gasteiger partial charge in [-0.25, -0.2) is 0 Å². The number of piperidine rings is 1. The first kappa shape index (κ1) is 83.4. The van der Waals surface area contributed by atoms with Crippen molar-refractivity contribution in [1.82, 2.24) is 55.1 Å². The Bertz CT molecular complexity index is 3380. The number of fused-ring (bicyclic) bond motifs is 3. The van der Waals surface area contributed by atoms with Crippen molar-refractivity contribution in [3.63, 3.8) is 0 Å². The van der Waals surface area contributed by atoms with Crippen LogP contribution in [-0.4, -0.2) is 241 Å². The van der Waals surface area contributed by atoms with Crippen LogP contribution in [0.1, 0.15) is 179 Å². The number of carbonyl (C=O) groups is 12. The number of rotatable bonds is 11. The summed E-state index contributed by atoms with van der Waals surface area (Å²) in [5.41, 5.74) is 0.245. The number of likely N-dealkylation sites (tertiary alicyclic amines) is 1. The van der Waals surface area contributed by atoms with Crippen molar-refractivity contribution in [2.24, 2.45) is 23.7 Å². The minimum Gasteiger partial charge on any atom is -0.354 e. The maximum atomic E-state index is 15.4. The van der Waals surface area contributed by atoms with Gasteiger partial charge in [-0.05, 0) is 124 Å². The number of anilines is 1. The third-order valence-electron chi connectivity index (χ3n) is 22.0. The average molecular weight is 1480 g/mol. The maximum Gasteiger partial charge on any atom is 0.417 e. The highest BCUT2D eigenvalue weighted by Crippen LogP contribution is 2.38. The molecule has 7 rings (SSSR count). The summed E-state index contributed by atoms with van der Waals surface area (Å²) in [6.45, 7) is 6.53. The molecular weight excluding hydrogens is 1370 g/mol. The highest BCUT2D eigenvalue weighted by molar-refractivity contribution is 6.31. The molecule has 3 heterocycles. The fraction of sp³-hybridized carbons (Fsp3) is 0.684. The fourth-order valence-corrected chi connectivity index (χ4v) is 15.6. The predicted molar refractivity (Wildman–Crippen MR) is 388 cm³/mol. The Morgan fingerprint density at radius 3 is 1.86 bits per heavy atom. The number of para-hydroxylation sites is 1. The van der Waals surface area contributed by atoms with Gasteiger partial charge in [-0.1, -0.05) is 121 Å². The van der Waals surface area contributed by atoms with Crippen molar-refractivity contribution in [2.75, 3.05) is 93.5 Å². The predicted octanol–water partition coefficient (Wildman–Crippen LogP) is 7.25. The van der Waals surface area contributed by atoms with Crippen molar-refractivity contribution in [3.8, 4) is 0 Å². The van der Waals surface area contributed by atoms with Crippen LogP contribution in [0.2, 0.25) is 5.02 Å². The first-order valence-electron chi connectivity index (χ1n) is 37.4. The number of nitrogens with one attached hydrogen (secondary N) is 3. The summed E-state index contributed by atoms with van der Waals surface area (Å²) in [5.74, 6) is -8.17. The Balaban J connectivity index is 1.23. The second-order valence-electron chi connectivity index (χ2n) is 30.1. The number of alkyl halides is 3. The molecule has 28 heteroatoms. The summed E-state index contributed by atoms with van der Waals surface area (Å²) in [5, 5.41) is 8.06. The van der Waals surface area contributed by atoms with Crippen LogP contribution < -0.4 is 20.9 Å². The molecule has 0 radical (unpaired) electrons. The van der Waals surface area contributed by atoms with E-state index < -0.39 is 156 Å². The Morgan fingerprint density at radius 2 is 1.22 bits per heavy atom. The Morgan fingerprint density at radius 1 is 0.606 bits per heavy atom. The molecule has 2 aromatic carbocycles. The van der Waals surface area contributed by atoms with Crippen LogP contribution in [0.25, 0.3) is 0 Å². The smallest absolute Gasteiger partial charge is 0.354 e. The molecule has 0 spiro atoms. The van der Waals surface area contributed by atoms with E-state index in [-0.39, 0.29) is 81.6 Å². The van der Waals surface area contributed by atoms with Crippen molar-refractivity contribution in [1.29, 1.82) is 0 Å². The van der Waals surface area contributed by atoms with Gasteiger partial charge >= 0.3 is 6.18 Å². The van der Waals surface area contributed by atoms with Crippen LogP contribution in [0.5, 0.6) is 0 Å². The van der Waals surface area contributed by atoms with Crippen LogP contribution in [0.4, 0.5) is 18.9 Å². The Labute approximate surface area is 616 Å². The zero-order valence-electron chi connectivity index (χ0n) is 62.8. The van der Waals surface area contributed by atoms with Gasteiger partial charge in [0, 0.05) is 87.5 Å². The van der Waals surface area contributed by atoms with Gasteiger partial charge in [-0.3, -0.25) is 62.4 Å². The number of amides is 12. The lowest BCUT2D eigenvalue weighted by Crippen LogP contribution is -2.60. The monoisotopic (exact) mass is 1480 g/mol. The second-order valence-corrected chi connectivity index (χ2v) is 30.5. The van der Waals surface area contributed by atoms with Crippen LogP contribution in [0.3, 0.4) is 0 Å². The van der Waals surface area contributed by atoms with E-state index >= 15 is 9.59 Å². The van der Waals surface area contributed by atoms with Crippen LogP contribution in [-0.2, 0) is 76.6 Å². The van der Waals surface area contributed by atoms with Gasteiger partial charge < -0.3 is 55.1 Å². The molecule has 3 N–H and O–H groups in total. The highest BCUT2D eigenvalue weighted by Gasteiger charge is 2.46. The van der Waals surface area contributed by atoms with Crippen LogP contribution in [0.15, 0.2) is 42.5 Å². The molecule has 2 aromatic rings. The molecule has 12 amide bonds. The number of benzene rings is 2. The number of nitrogens with zero attached hydrogens (tertiary/aromatic N) is 9. The number of halogens is 4. The second kappa shape index (κ2) is 38.4. The molecule has 0 unspecified atom stereocenters. The van der Waals surface area contributed by atoms with E-state index in [1.54, 1.807) is 43.1 Å². The number of aryl methyl sites for hydroxylation is 1. The standard InChI is InChI=1S/C76H112ClF3N12O12/c1-12-49(4)67-74(103)86(7)46-65(96)84(5)47-66(97)88(9)60(42-50-26-16-13-17-27-50)72(101)85(6)45-62(93)82-56(36-34-51-33-35-54(55(77)41-51)76(78,79)80)71(100)92-57-31-21-20-30-53(57)43-59(92)69(98)81-37-23-22-32-63(94)90(11)68(52-28-18-14-19-29-52)75(104)89(10)61(73(102)91-38-24-15-25-39-91)44-64(95)87(8)58(40-48(2)3)70(99)83-67/h20-21,30-31,33,35,41,48-50,52,56,58-61,67-68H,12-19,22-29,32,34,36-40,42-47H2,1-11H3,(H,81,98)(H,82,93)(H,83,99)/t49-,56-,58-,59-,60-,61-,67-,68-/m0/s1. The normalized spacial score (nSPS) is 25.3. The molecule has 0 bridgehead atoms. The molecule has 3 aliphatic heterocycles. The summed E-state index contributed by atoms with van der Waals surface area (Å²) < 4.78 is 41.6. The molecule has 8 atom stereocenters. The Kier molecular flexibility index (Phi) is 30.8. The van der Waals surface area contributed by atoms with E-state index in [0.717, 1.165) is 84.6 Å². The molecule has 2 saturated heterocycles. The maximum absolute atomic E-state index is 15.4. The molecule has 104 heavy (non-hydrogen) atoms. The summed E-state index contributed by atoms with van der Waals surface area (Å²) in [7, 11) is 10.1. The van der Waals surface area contributed by atoms with E-state index in [1.807, 2.05) is 20.8 Å². The topological polar surface area (TPSA) is 270 Å².